The number of hydrogen-bond acceptors (Lipinski definition) is 5. The smallest absolute Gasteiger partial charge is 0.264 e. The second-order valence-electron chi connectivity index (χ2n) is 8.19. The van der Waals surface area contributed by atoms with Gasteiger partial charge >= 0.3 is 0 Å². The molecule has 1 N–H and O–H groups in total. The number of carbonyl (C=O) groups excluding carboxylic acids is 2. The zero-order chi connectivity index (χ0) is 25.1. The number of nitrogens with zero attached hydrogens (tertiary/aromatic N) is 3. The van der Waals surface area contributed by atoms with Crippen molar-refractivity contribution in [3.8, 4) is 0 Å². The van der Waals surface area contributed by atoms with Crippen molar-refractivity contribution in [2.75, 3.05) is 21.1 Å². The van der Waals surface area contributed by atoms with Crippen LogP contribution in [0, 0.1) is 0 Å². The summed E-state index contributed by atoms with van der Waals surface area (Å²) in [6, 6.07) is 25.6. The quantitative estimate of drug-likeness (QED) is 0.432. The minimum atomic E-state index is -4.04. The lowest BCUT2D eigenvalue weighted by molar-refractivity contribution is -0.115. The summed E-state index contributed by atoms with van der Waals surface area (Å²) in [5, 5.41) is 2.69. The zero-order valence-corrected chi connectivity index (χ0v) is 19.9. The van der Waals surface area contributed by atoms with Gasteiger partial charge in [-0.1, -0.05) is 54.6 Å². The Kier molecular flexibility index (Phi) is 6.22. The van der Waals surface area contributed by atoms with Crippen LogP contribution >= 0.6 is 0 Å². The van der Waals surface area contributed by atoms with E-state index < -0.39 is 15.9 Å². The fourth-order valence-electron chi connectivity index (χ4n) is 4.05. The number of aromatic nitrogens is 1. The lowest BCUT2D eigenvalue weighted by Gasteiger charge is -2.29. The van der Waals surface area contributed by atoms with Gasteiger partial charge in [0, 0.05) is 11.8 Å². The lowest BCUT2D eigenvalue weighted by Crippen LogP contribution is -2.42. The number of hydrogen-bond donors (Lipinski definition) is 1. The molecule has 8 nitrogen and oxygen atoms in total. The van der Waals surface area contributed by atoms with Crippen molar-refractivity contribution in [2.45, 2.75) is 11.4 Å². The minimum Gasteiger partial charge on any atom is -0.321 e. The number of benzene rings is 3. The Labute approximate surface area is 208 Å². The van der Waals surface area contributed by atoms with Crippen LogP contribution in [0.4, 0.5) is 17.1 Å². The average Bonchev–Trinajstić information content (AvgIpc) is 2.92. The van der Waals surface area contributed by atoms with E-state index in [-0.39, 0.29) is 29.5 Å². The van der Waals surface area contributed by atoms with E-state index in [1.165, 1.54) is 39.8 Å². The van der Waals surface area contributed by atoms with Gasteiger partial charge in [0.15, 0.2) is 0 Å². The van der Waals surface area contributed by atoms with Gasteiger partial charge in [-0.3, -0.25) is 23.8 Å². The number of carbonyl (C=O) groups is 2. The Morgan fingerprint density at radius 3 is 2.42 bits per heavy atom. The lowest BCUT2D eigenvalue weighted by atomic mass is 10.1. The molecule has 0 aliphatic carbocycles. The van der Waals surface area contributed by atoms with Crippen LogP contribution in [0.25, 0.3) is 0 Å². The normalized spacial score (nSPS) is 13.0. The van der Waals surface area contributed by atoms with Gasteiger partial charge in [-0.05, 0) is 42.0 Å². The van der Waals surface area contributed by atoms with Crippen LogP contribution in [0.15, 0.2) is 108 Å². The first-order valence-corrected chi connectivity index (χ1v) is 12.6. The first kappa shape index (κ1) is 23.3. The van der Waals surface area contributed by atoms with E-state index in [1.54, 1.807) is 36.4 Å². The van der Waals surface area contributed by atoms with Gasteiger partial charge in [-0.15, -0.1) is 0 Å². The third-order valence-electron chi connectivity index (χ3n) is 5.79. The van der Waals surface area contributed by atoms with Crippen molar-refractivity contribution < 1.29 is 18.0 Å². The van der Waals surface area contributed by atoms with Gasteiger partial charge in [0.05, 0.1) is 34.7 Å². The molecule has 0 bridgehead atoms. The molecule has 0 saturated carbocycles. The van der Waals surface area contributed by atoms with Gasteiger partial charge in [0.25, 0.3) is 15.9 Å². The van der Waals surface area contributed by atoms with E-state index in [0.717, 1.165) is 5.56 Å². The van der Waals surface area contributed by atoms with Gasteiger partial charge in [0.1, 0.15) is 6.54 Å². The second-order valence-corrected chi connectivity index (χ2v) is 10.1. The molecule has 0 unspecified atom stereocenters. The van der Waals surface area contributed by atoms with Crippen molar-refractivity contribution in [2.24, 2.45) is 0 Å². The first-order chi connectivity index (χ1) is 17.4. The number of anilines is 3. The fraction of sp³-hybridized carbons (Fsp3) is 0.0741. The van der Waals surface area contributed by atoms with Crippen LogP contribution in [-0.2, 0) is 21.4 Å². The molecule has 36 heavy (non-hydrogen) atoms. The molecule has 5 rings (SSSR count). The maximum absolute atomic E-state index is 13.9. The molecule has 9 heteroatoms. The van der Waals surface area contributed by atoms with Crippen molar-refractivity contribution in [1.29, 1.82) is 0 Å². The molecule has 0 saturated heterocycles. The van der Waals surface area contributed by atoms with Crippen molar-refractivity contribution in [3.63, 3.8) is 0 Å². The summed E-state index contributed by atoms with van der Waals surface area (Å²) in [6.07, 6.45) is 2.99. The summed E-state index contributed by atoms with van der Waals surface area (Å²) >= 11 is 0. The van der Waals surface area contributed by atoms with Crippen LogP contribution < -0.4 is 14.5 Å². The fourth-order valence-corrected chi connectivity index (χ4v) is 5.55. The van der Waals surface area contributed by atoms with Crippen molar-refractivity contribution in [1.82, 2.24) is 4.98 Å². The number of sulfonamides is 1. The number of rotatable bonds is 6. The Balaban J connectivity index is 1.52. The number of fused-ring (bicyclic) bond motifs is 1. The summed E-state index contributed by atoms with van der Waals surface area (Å²) in [6.45, 7) is -0.0605. The molecule has 180 valence electrons. The standard InChI is InChI=1S/C27H22N4O4S/c32-26-19-30(25-14-15-28-17-24(25)29-26)27(33)21-10-7-13-23(16-21)36(34,35)31(22-11-5-2-6-12-22)18-20-8-3-1-4-9-20/h1-17H,18-19H2,(H,29,32). The second kappa shape index (κ2) is 9.63. The van der Waals surface area contributed by atoms with Crippen molar-refractivity contribution in [3.05, 3.63) is 115 Å². The molecule has 3 aromatic carbocycles. The zero-order valence-electron chi connectivity index (χ0n) is 19.1. The molecular formula is C27H22N4O4S. The number of amides is 2. The number of pyridine rings is 1. The molecule has 1 aliphatic heterocycles. The van der Waals surface area contributed by atoms with Crippen LogP contribution in [0.3, 0.4) is 0 Å². The van der Waals surface area contributed by atoms with E-state index in [0.29, 0.717) is 17.1 Å². The Morgan fingerprint density at radius 1 is 0.944 bits per heavy atom. The minimum absolute atomic E-state index is 0.0236. The maximum Gasteiger partial charge on any atom is 0.264 e. The highest BCUT2D eigenvalue weighted by molar-refractivity contribution is 7.92. The third-order valence-corrected chi connectivity index (χ3v) is 7.56. The van der Waals surface area contributed by atoms with Crippen LogP contribution in [0.2, 0.25) is 0 Å². The summed E-state index contributed by atoms with van der Waals surface area (Å²) < 4.78 is 29.1. The van der Waals surface area contributed by atoms with Crippen LogP contribution in [-0.4, -0.2) is 31.8 Å². The molecular weight excluding hydrogens is 476 g/mol. The highest BCUT2D eigenvalue weighted by Crippen LogP contribution is 2.31. The molecule has 1 aromatic heterocycles. The summed E-state index contributed by atoms with van der Waals surface area (Å²) in [7, 11) is -4.04. The highest BCUT2D eigenvalue weighted by Gasteiger charge is 2.30. The molecule has 0 atom stereocenters. The van der Waals surface area contributed by atoms with E-state index >= 15 is 0 Å². The number of para-hydroxylation sites is 1. The molecule has 2 amide bonds. The van der Waals surface area contributed by atoms with E-state index in [2.05, 4.69) is 10.3 Å². The molecule has 0 fully saturated rings. The number of nitrogens with one attached hydrogen (secondary N) is 1. The third kappa shape index (κ3) is 4.56. The van der Waals surface area contributed by atoms with Gasteiger partial charge in [0.2, 0.25) is 5.91 Å². The molecule has 2 heterocycles. The van der Waals surface area contributed by atoms with Crippen LogP contribution in [0.5, 0.6) is 0 Å². The largest absolute Gasteiger partial charge is 0.321 e. The molecule has 4 aromatic rings. The Hall–Kier alpha value is -4.50. The summed E-state index contributed by atoms with van der Waals surface area (Å²) in [5.41, 5.74) is 2.40. The molecule has 1 aliphatic rings. The summed E-state index contributed by atoms with van der Waals surface area (Å²) in [4.78, 5) is 30.9. The Morgan fingerprint density at radius 2 is 1.67 bits per heavy atom. The Bertz CT molecular complexity index is 1530. The highest BCUT2D eigenvalue weighted by atomic mass is 32.2. The van der Waals surface area contributed by atoms with Gasteiger partial charge in [-0.2, -0.15) is 0 Å². The molecule has 0 radical (unpaired) electrons. The predicted molar refractivity (Wildman–Crippen MR) is 137 cm³/mol. The first-order valence-electron chi connectivity index (χ1n) is 11.2. The van der Waals surface area contributed by atoms with Gasteiger partial charge < -0.3 is 5.32 Å². The van der Waals surface area contributed by atoms with Crippen LogP contribution in [0.1, 0.15) is 15.9 Å². The average molecular weight is 499 g/mol. The monoisotopic (exact) mass is 498 g/mol. The SMILES string of the molecule is O=C1CN(C(=O)c2cccc(S(=O)(=O)N(Cc3ccccc3)c3ccccc3)c2)c2ccncc2N1. The van der Waals surface area contributed by atoms with E-state index in [1.807, 2.05) is 36.4 Å². The van der Waals surface area contributed by atoms with Crippen molar-refractivity contribution >= 4 is 38.9 Å². The predicted octanol–water partition coefficient (Wildman–Crippen LogP) is 4.08. The van der Waals surface area contributed by atoms with E-state index in [4.69, 9.17) is 0 Å². The molecule has 0 spiro atoms. The summed E-state index contributed by atoms with van der Waals surface area (Å²) in [5.74, 6) is -0.839. The van der Waals surface area contributed by atoms with Gasteiger partial charge in [-0.25, -0.2) is 8.42 Å². The topological polar surface area (TPSA) is 99.7 Å². The maximum atomic E-state index is 13.9. The van der Waals surface area contributed by atoms with E-state index in [9.17, 15) is 18.0 Å².